The number of carbonyl (C=O) groups excluding carboxylic acids is 2. The summed E-state index contributed by atoms with van der Waals surface area (Å²) >= 11 is 0. The van der Waals surface area contributed by atoms with E-state index in [9.17, 15) is 9.59 Å². The molecule has 26 heavy (non-hydrogen) atoms. The second-order valence-electron chi connectivity index (χ2n) is 7.49. The Labute approximate surface area is 157 Å². The van der Waals surface area contributed by atoms with Gasteiger partial charge in [-0.15, -0.1) is 0 Å². The van der Waals surface area contributed by atoms with E-state index in [1.807, 2.05) is 39.0 Å². The summed E-state index contributed by atoms with van der Waals surface area (Å²) in [5, 5.41) is 0. The molecule has 0 radical (unpaired) electrons. The second kappa shape index (κ2) is 11.5. The summed E-state index contributed by atoms with van der Waals surface area (Å²) in [6, 6.07) is 10.1. The Bertz CT molecular complexity index is 536. The quantitative estimate of drug-likeness (QED) is 0.746. The summed E-state index contributed by atoms with van der Waals surface area (Å²) < 4.78 is 9.71. The molecule has 0 spiro atoms. The SMILES string of the molecule is CC(C)(C)OC(N)=O.CC(C)OC(=O)CCC(c1ccccc1)C(C)N. The molecule has 0 heterocycles. The van der Waals surface area contributed by atoms with Gasteiger partial charge in [0.15, 0.2) is 0 Å². The average Bonchev–Trinajstić information content (AvgIpc) is 2.45. The van der Waals surface area contributed by atoms with Gasteiger partial charge in [0.1, 0.15) is 5.60 Å². The number of rotatable bonds is 6. The first-order valence-electron chi connectivity index (χ1n) is 8.90. The summed E-state index contributed by atoms with van der Waals surface area (Å²) in [6.07, 6.45) is 0.368. The lowest BCUT2D eigenvalue weighted by Gasteiger charge is -2.21. The van der Waals surface area contributed by atoms with Gasteiger partial charge in [0.05, 0.1) is 6.10 Å². The van der Waals surface area contributed by atoms with Gasteiger partial charge in [0.25, 0.3) is 0 Å². The van der Waals surface area contributed by atoms with E-state index in [4.69, 9.17) is 16.2 Å². The third-order valence-corrected chi connectivity index (χ3v) is 3.30. The number of ether oxygens (including phenoxy) is 2. The van der Waals surface area contributed by atoms with Crippen molar-refractivity contribution in [3.8, 4) is 0 Å². The number of esters is 1. The van der Waals surface area contributed by atoms with Gasteiger partial charge in [-0.2, -0.15) is 0 Å². The van der Waals surface area contributed by atoms with E-state index in [0.717, 1.165) is 6.42 Å². The van der Waals surface area contributed by atoms with Crippen molar-refractivity contribution in [1.29, 1.82) is 0 Å². The molecule has 0 bridgehead atoms. The van der Waals surface area contributed by atoms with E-state index in [-0.39, 0.29) is 24.0 Å². The van der Waals surface area contributed by atoms with E-state index < -0.39 is 11.7 Å². The topological polar surface area (TPSA) is 105 Å². The summed E-state index contributed by atoms with van der Waals surface area (Å²) in [5.74, 6) is 0.0532. The van der Waals surface area contributed by atoms with Gasteiger partial charge in [0.2, 0.25) is 0 Å². The minimum Gasteiger partial charge on any atom is -0.463 e. The zero-order chi connectivity index (χ0) is 20.3. The molecular weight excluding hydrogens is 332 g/mol. The zero-order valence-electron chi connectivity index (χ0n) is 16.8. The molecule has 1 aromatic rings. The Kier molecular flexibility index (Phi) is 10.6. The Hall–Kier alpha value is -2.08. The van der Waals surface area contributed by atoms with Crippen molar-refractivity contribution < 1.29 is 19.1 Å². The Morgan fingerprint density at radius 2 is 1.62 bits per heavy atom. The van der Waals surface area contributed by atoms with Crippen LogP contribution in [0, 0.1) is 0 Å². The molecular formula is C20H34N2O4. The maximum Gasteiger partial charge on any atom is 0.405 e. The predicted octanol–water partition coefficient (Wildman–Crippen LogP) is 3.73. The molecule has 0 aliphatic rings. The monoisotopic (exact) mass is 366 g/mol. The van der Waals surface area contributed by atoms with Crippen LogP contribution in [0.2, 0.25) is 0 Å². The first-order chi connectivity index (χ1) is 11.9. The third kappa shape index (κ3) is 12.3. The summed E-state index contributed by atoms with van der Waals surface area (Å²) in [4.78, 5) is 21.6. The van der Waals surface area contributed by atoms with Gasteiger partial charge in [-0.3, -0.25) is 4.79 Å². The number of hydrogen-bond acceptors (Lipinski definition) is 5. The van der Waals surface area contributed by atoms with E-state index >= 15 is 0 Å². The van der Waals surface area contributed by atoms with Gasteiger partial charge in [-0.25, -0.2) is 4.79 Å². The largest absolute Gasteiger partial charge is 0.463 e. The van der Waals surface area contributed by atoms with Crippen LogP contribution in [0.25, 0.3) is 0 Å². The van der Waals surface area contributed by atoms with Gasteiger partial charge < -0.3 is 20.9 Å². The van der Waals surface area contributed by atoms with Gasteiger partial charge in [-0.05, 0) is 59.4 Å². The Morgan fingerprint density at radius 1 is 1.08 bits per heavy atom. The molecule has 0 saturated heterocycles. The standard InChI is InChI=1S/C15H23NO2.C5H11NO2/c1-11(2)18-15(17)10-9-14(12(3)16)13-7-5-4-6-8-13;1-5(2,3)8-4(6)7/h4-8,11-12,14H,9-10,16H2,1-3H3;1-3H3,(H2,6,7). The zero-order valence-corrected chi connectivity index (χ0v) is 16.8. The molecule has 0 fully saturated rings. The molecule has 4 N–H and O–H groups in total. The lowest BCUT2D eigenvalue weighted by atomic mass is 9.89. The highest BCUT2D eigenvalue weighted by Crippen LogP contribution is 2.24. The van der Waals surface area contributed by atoms with Crippen LogP contribution in [0.1, 0.15) is 65.9 Å². The van der Waals surface area contributed by atoms with E-state index in [2.05, 4.69) is 16.9 Å². The maximum atomic E-state index is 11.5. The number of benzene rings is 1. The lowest BCUT2D eigenvalue weighted by molar-refractivity contribution is -0.147. The highest BCUT2D eigenvalue weighted by Gasteiger charge is 2.18. The molecule has 1 rings (SSSR count). The lowest BCUT2D eigenvalue weighted by Crippen LogP contribution is -2.27. The first kappa shape index (κ1) is 23.9. The number of carbonyl (C=O) groups is 2. The summed E-state index contributed by atoms with van der Waals surface area (Å²) in [6.45, 7) is 11.0. The third-order valence-electron chi connectivity index (χ3n) is 3.30. The fraction of sp³-hybridized carbons (Fsp3) is 0.600. The van der Waals surface area contributed by atoms with Crippen LogP contribution in [-0.4, -0.2) is 29.8 Å². The summed E-state index contributed by atoms with van der Waals surface area (Å²) in [7, 11) is 0. The molecule has 2 unspecified atom stereocenters. The highest BCUT2D eigenvalue weighted by molar-refractivity contribution is 5.69. The van der Waals surface area contributed by atoms with Crippen LogP contribution in [0.5, 0.6) is 0 Å². The molecule has 0 saturated carbocycles. The maximum absolute atomic E-state index is 11.5. The Balaban J connectivity index is 0.000000660. The molecule has 0 aliphatic heterocycles. The van der Waals surface area contributed by atoms with Crippen LogP contribution in [0.15, 0.2) is 30.3 Å². The van der Waals surface area contributed by atoms with E-state index in [0.29, 0.717) is 6.42 Å². The van der Waals surface area contributed by atoms with Crippen molar-refractivity contribution in [2.24, 2.45) is 11.5 Å². The predicted molar refractivity (Wildman–Crippen MR) is 104 cm³/mol. The first-order valence-corrected chi connectivity index (χ1v) is 8.90. The van der Waals surface area contributed by atoms with Crippen molar-refractivity contribution in [3.63, 3.8) is 0 Å². The number of nitrogens with two attached hydrogens (primary N) is 2. The molecule has 0 aliphatic carbocycles. The van der Waals surface area contributed by atoms with E-state index in [1.165, 1.54) is 5.56 Å². The van der Waals surface area contributed by atoms with Crippen molar-refractivity contribution >= 4 is 12.1 Å². The normalized spacial score (nSPS) is 13.2. The van der Waals surface area contributed by atoms with Crippen molar-refractivity contribution in [1.82, 2.24) is 0 Å². The molecule has 1 aromatic carbocycles. The smallest absolute Gasteiger partial charge is 0.405 e. The number of primary amides is 1. The van der Waals surface area contributed by atoms with Crippen molar-refractivity contribution in [3.05, 3.63) is 35.9 Å². The molecule has 0 aromatic heterocycles. The van der Waals surface area contributed by atoms with Gasteiger partial charge in [0, 0.05) is 12.5 Å². The minimum atomic E-state index is -0.725. The molecule has 6 nitrogen and oxygen atoms in total. The molecule has 2 atom stereocenters. The fourth-order valence-corrected chi connectivity index (χ4v) is 2.33. The van der Waals surface area contributed by atoms with Crippen LogP contribution in [-0.2, 0) is 14.3 Å². The van der Waals surface area contributed by atoms with Crippen molar-refractivity contribution in [2.75, 3.05) is 0 Å². The van der Waals surface area contributed by atoms with Gasteiger partial charge in [-0.1, -0.05) is 30.3 Å². The summed E-state index contributed by atoms with van der Waals surface area (Å²) in [5.41, 5.74) is 11.5. The van der Waals surface area contributed by atoms with Crippen LogP contribution < -0.4 is 11.5 Å². The number of hydrogen-bond donors (Lipinski definition) is 2. The highest BCUT2D eigenvalue weighted by atomic mass is 16.6. The minimum absolute atomic E-state index is 0.0271. The van der Waals surface area contributed by atoms with Crippen LogP contribution >= 0.6 is 0 Å². The number of amides is 1. The fourth-order valence-electron chi connectivity index (χ4n) is 2.33. The Morgan fingerprint density at radius 3 is 1.96 bits per heavy atom. The van der Waals surface area contributed by atoms with Crippen molar-refractivity contribution in [2.45, 2.75) is 78.0 Å². The molecule has 6 heteroatoms. The van der Waals surface area contributed by atoms with E-state index in [1.54, 1.807) is 20.8 Å². The van der Waals surface area contributed by atoms with Gasteiger partial charge >= 0.3 is 12.1 Å². The molecule has 1 amide bonds. The second-order valence-corrected chi connectivity index (χ2v) is 7.49. The average molecular weight is 367 g/mol. The molecule has 148 valence electrons. The van der Waals surface area contributed by atoms with Crippen LogP contribution in [0.3, 0.4) is 0 Å². The van der Waals surface area contributed by atoms with Crippen LogP contribution in [0.4, 0.5) is 4.79 Å².